The Morgan fingerprint density at radius 1 is 1.38 bits per heavy atom. The molecule has 1 aromatic carbocycles. The number of carbonyl (C=O) groups is 2. The van der Waals surface area contributed by atoms with Crippen LogP contribution in [0.5, 0.6) is 0 Å². The van der Waals surface area contributed by atoms with Gasteiger partial charge in [-0.3, -0.25) is 14.7 Å². The first-order valence-corrected chi connectivity index (χ1v) is 8.96. The van der Waals surface area contributed by atoms with Crippen LogP contribution in [0.3, 0.4) is 0 Å². The highest BCUT2D eigenvalue weighted by Gasteiger charge is 2.30. The van der Waals surface area contributed by atoms with E-state index >= 15 is 0 Å². The third-order valence-electron chi connectivity index (χ3n) is 4.01. The van der Waals surface area contributed by atoms with Crippen LogP contribution >= 0.6 is 23.4 Å². The number of halogens is 1. The maximum Gasteiger partial charge on any atom is 0.238 e. The van der Waals surface area contributed by atoms with Crippen LogP contribution in [0.15, 0.2) is 29.2 Å². The maximum atomic E-state index is 12.2. The van der Waals surface area contributed by atoms with E-state index in [1.807, 2.05) is 12.1 Å². The number of aromatic amines is 1. The molecule has 0 saturated heterocycles. The van der Waals surface area contributed by atoms with E-state index < -0.39 is 5.25 Å². The number of amides is 2. The Hall–Kier alpha value is -1.99. The summed E-state index contributed by atoms with van der Waals surface area (Å²) in [6.45, 7) is 0. The lowest BCUT2D eigenvalue weighted by molar-refractivity contribution is -0.120. The summed E-state index contributed by atoms with van der Waals surface area (Å²) in [4.78, 5) is 25.3. The standard InChI is InChI=1S/C16H15ClN4O2S/c17-9-3-4-12-11(5-9)18-16(23)13(24-12)7-15(22)19-14-6-10(20-21-14)8-1-2-8/h3-6,8,13H,1-2,7H2,(H,18,23)(H2,19,20,21,22)/t13-/m0/s1. The second-order valence-corrected chi connectivity index (χ2v) is 7.65. The summed E-state index contributed by atoms with van der Waals surface area (Å²) in [6, 6.07) is 7.19. The summed E-state index contributed by atoms with van der Waals surface area (Å²) >= 11 is 7.30. The van der Waals surface area contributed by atoms with Gasteiger partial charge >= 0.3 is 0 Å². The molecule has 4 rings (SSSR count). The Kier molecular flexibility index (Phi) is 3.97. The summed E-state index contributed by atoms with van der Waals surface area (Å²) in [6.07, 6.45) is 2.42. The molecule has 0 bridgehead atoms. The summed E-state index contributed by atoms with van der Waals surface area (Å²) in [5, 5.41) is 12.7. The molecule has 0 unspecified atom stereocenters. The Labute approximate surface area is 147 Å². The van der Waals surface area contributed by atoms with E-state index in [4.69, 9.17) is 11.6 Å². The third kappa shape index (κ3) is 3.27. The second kappa shape index (κ2) is 6.14. The molecule has 1 aliphatic carbocycles. The molecule has 24 heavy (non-hydrogen) atoms. The van der Waals surface area contributed by atoms with Gasteiger partial charge in [-0.1, -0.05) is 11.6 Å². The molecule has 1 aromatic heterocycles. The number of rotatable bonds is 4. The van der Waals surface area contributed by atoms with Crippen LogP contribution in [-0.4, -0.2) is 27.3 Å². The van der Waals surface area contributed by atoms with Crippen molar-refractivity contribution in [3.63, 3.8) is 0 Å². The van der Waals surface area contributed by atoms with Crippen molar-refractivity contribution in [1.82, 2.24) is 10.2 Å². The monoisotopic (exact) mass is 362 g/mol. The normalized spacial score (nSPS) is 19.5. The zero-order chi connectivity index (χ0) is 16.7. The molecule has 1 aliphatic heterocycles. The number of thioether (sulfide) groups is 1. The van der Waals surface area contributed by atoms with Gasteiger partial charge in [0.1, 0.15) is 0 Å². The van der Waals surface area contributed by atoms with Crippen LogP contribution in [0.1, 0.15) is 30.9 Å². The number of hydrogen-bond donors (Lipinski definition) is 3. The van der Waals surface area contributed by atoms with Gasteiger partial charge in [0, 0.05) is 34.0 Å². The molecule has 2 heterocycles. The van der Waals surface area contributed by atoms with Crippen molar-refractivity contribution in [1.29, 1.82) is 0 Å². The highest BCUT2D eigenvalue weighted by atomic mass is 35.5. The van der Waals surface area contributed by atoms with Gasteiger partial charge in [-0.05, 0) is 31.0 Å². The average molecular weight is 363 g/mol. The van der Waals surface area contributed by atoms with Gasteiger partial charge in [-0.15, -0.1) is 11.8 Å². The predicted octanol–water partition coefficient (Wildman–Crippen LogP) is 3.38. The average Bonchev–Trinajstić information content (AvgIpc) is 3.29. The first kappa shape index (κ1) is 15.5. The minimum absolute atomic E-state index is 0.0875. The molecule has 124 valence electrons. The van der Waals surface area contributed by atoms with E-state index in [0.29, 0.717) is 22.4 Å². The van der Waals surface area contributed by atoms with Gasteiger partial charge in [-0.2, -0.15) is 5.10 Å². The number of carbonyl (C=O) groups excluding carboxylic acids is 2. The SMILES string of the molecule is O=C(C[C@@H]1Sc2ccc(Cl)cc2NC1=O)Nc1cc(C2CC2)[nH]n1. The summed E-state index contributed by atoms with van der Waals surface area (Å²) in [5.41, 5.74) is 1.75. The van der Waals surface area contributed by atoms with Crippen molar-refractivity contribution in [2.24, 2.45) is 0 Å². The van der Waals surface area contributed by atoms with Crippen molar-refractivity contribution in [3.05, 3.63) is 35.0 Å². The summed E-state index contributed by atoms with van der Waals surface area (Å²) in [7, 11) is 0. The van der Waals surface area contributed by atoms with Crippen molar-refractivity contribution in [3.8, 4) is 0 Å². The number of nitrogens with one attached hydrogen (secondary N) is 3. The lowest BCUT2D eigenvalue weighted by Crippen LogP contribution is -2.32. The first-order valence-electron chi connectivity index (χ1n) is 7.71. The van der Waals surface area contributed by atoms with E-state index in [9.17, 15) is 9.59 Å². The summed E-state index contributed by atoms with van der Waals surface area (Å²) in [5.74, 6) is 0.640. The lowest BCUT2D eigenvalue weighted by Gasteiger charge is -2.23. The molecule has 1 atom stereocenters. The Morgan fingerprint density at radius 3 is 3.00 bits per heavy atom. The van der Waals surface area contributed by atoms with Crippen LogP contribution in [0.4, 0.5) is 11.5 Å². The zero-order valence-electron chi connectivity index (χ0n) is 12.6. The number of benzene rings is 1. The summed E-state index contributed by atoms with van der Waals surface area (Å²) < 4.78 is 0. The van der Waals surface area contributed by atoms with Gasteiger partial charge in [0.05, 0.1) is 10.9 Å². The van der Waals surface area contributed by atoms with Crippen LogP contribution < -0.4 is 10.6 Å². The first-order chi connectivity index (χ1) is 11.6. The Bertz CT molecular complexity index is 818. The van der Waals surface area contributed by atoms with Crippen molar-refractivity contribution < 1.29 is 9.59 Å². The quantitative estimate of drug-likeness (QED) is 0.778. The van der Waals surface area contributed by atoms with E-state index in [2.05, 4.69) is 20.8 Å². The number of nitrogens with zero attached hydrogens (tertiary/aromatic N) is 1. The maximum absolute atomic E-state index is 12.2. The van der Waals surface area contributed by atoms with Crippen LogP contribution in [0.2, 0.25) is 5.02 Å². The molecule has 0 spiro atoms. The van der Waals surface area contributed by atoms with Crippen molar-refractivity contribution in [2.75, 3.05) is 10.6 Å². The molecular formula is C16H15ClN4O2S. The molecule has 6 nitrogen and oxygen atoms in total. The fourth-order valence-corrected chi connectivity index (χ4v) is 3.89. The molecular weight excluding hydrogens is 348 g/mol. The molecule has 2 aliphatic rings. The van der Waals surface area contributed by atoms with Crippen LogP contribution in [0, 0.1) is 0 Å². The molecule has 8 heteroatoms. The van der Waals surface area contributed by atoms with Crippen LogP contribution in [0.25, 0.3) is 0 Å². The topological polar surface area (TPSA) is 86.9 Å². The number of fused-ring (bicyclic) bond motifs is 1. The number of aromatic nitrogens is 2. The minimum atomic E-state index is -0.472. The van der Waals surface area contributed by atoms with Crippen molar-refractivity contribution in [2.45, 2.75) is 35.3 Å². The Morgan fingerprint density at radius 2 is 2.21 bits per heavy atom. The van der Waals surface area contributed by atoms with Crippen molar-refractivity contribution >= 4 is 46.7 Å². The van der Waals surface area contributed by atoms with Crippen LogP contribution in [-0.2, 0) is 9.59 Å². The number of hydrogen-bond acceptors (Lipinski definition) is 4. The minimum Gasteiger partial charge on any atom is -0.324 e. The van der Waals surface area contributed by atoms with Gasteiger partial charge in [0.25, 0.3) is 0 Å². The highest BCUT2D eigenvalue weighted by molar-refractivity contribution is 8.01. The molecule has 2 amide bonds. The lowest BCUT2D eigenvalue weighted by atomic mass is 10.2. The molecule has 0 radical (unpaired) electrons. The van der Waals surface area contributed by atoms with E-state index in [1.165, 1.54) is 11.8 Å². The third-order valence-corrected chi connectivity index (χ3v) is 5.52. The van der Waals surface area contributed by atoms with Gasteiger partial charge in [0.2, 0.25) is 11.8 Å². The van der Waals surface area contributed by atoms with E-state index in [0.717, 1.165) is 23.4 Å². The van der Waals surface area contributed by atoms with E-state index in [1.54, 1.807) is 12.1 Å². The number of anilines is 2. The van der Waals surface area contributed by atoms with Gasteiger partial charge < -0.3 is 10.6 Å². The number of H-pyrrole nitrogens is 1. The molecule has 1 saturated carbocycles. The molecule has 3 N–H and O–H groups in total. The fraction of sp³-hybridized carbons (Fsp3) is 0.312. The van der Waals surface area contributed by atoms with Gasteiger partial charge in [-0.25, -0.2) is 0 Å². The highest BCUT2D eigenvalue weighted by Crippen LogP contribution is 2.40. The predicted molar refractivity (Wildman–Crippen MR) is 93.5 cm³/mol. The largest absolute Gasteiger partial charge is 0.324 e. The van der Waals surface area contributed by atoms with Gasteiger partial charge in [0.15, 0.2) is 5.82 Å². The fourth-order valence-electron chi connectivity index (χ4n) is 2.62. The van der Waals surface area contributed by atoms with E-state index in [-0.39, 0.29) is 18.2 Å². The Balaban J connectivity index is 1.39. The molecule has 2 aromatic rings. The zero-order valence-corrected chi connectivity index (χ0v) is 14.2. The smallest absolute Gasteiger partial charge is 0.238 e. The molecule has 1 fully saturated rings. The second-order valence-electron chi connectivity index (χ2n) is 5.97.